The van der Waals surface area contributed by atoms with E-state index in [1.54, 1.807) is 48.5 Å². The number of hydrogen-bond donors (Lipinski definition) is 2. The first-order valence-corrected chi connectivity index (χ1v) is 11.9. The van der Waals surface area contributed by atoms with E-state index in [1.807, 2.05) is 37.3 Å². The minimum atomic E-state index is -0.569. The lowest BCUT2D eigenvalue weighted by Gasteiger charge is -2.12. The monoisotopic (exact) mass is 501 g/mol. The Bertz CT molecular complexity index is 1320. The van der Waals surface area contributed by atoms with E-state index in [4.69, 9.17) is 4.74 Å². The molecule has 0 saturated carbocycles. The third-order valence-electron chi connectivity index (χ3n) is 5.13. The van der Waals surface area contributed by atoms with E-state index in [-0.39, 0.29) is 17.4 Å². The van der Waals surface area contributed by atoms with Crippen molar-refractivity contribution in [1.82, 2.24) is 4.90 Å². The first-order valence-electron chi connectivity index (χ1n) is 11.1. The minimum absolute atomic E-state index is 0.160. The van der Waals surface area contributed by atoms with Gasteiger partial charge < -0.3 is 15.4 Å². The van der Waals surface area contributed by atoms with Crippen molar-refractivity contribution in [2.24, 2.45) is 0 Å². The zero-order chi connectivity index (χ0) is 25.5. The summed E-state index contributed by atoms with van der Waals surface area (Å²) in [5.41, 5.74) is 2.81. The molecule has 3 aromatic rings. The molecule has 4 rings (SSSR count). The second kappa shape index (κ2) is 11.4. The van der Waals surface area contributed by atoms with E-state index >= 15 is 0 Å². The van der Waals surface area contributed by atoms with Crippen LogP contribution in [0.15, 0.2) is 83.8 Å². The number of amides is 4. The largest absolute Gasteiger partial charge is 0.483 e. The molecule has 9 heteroatoms. The highest BCUT2D eigenvalue weighted by atomic mass is 32.2. The van der Waals surface area contributed by atoms with E-state index in [0.717, 1.165) is 22.2 Å². The maximum Gasteiger partial charge on any atom is 0.294 e. The lowest BCUT2D eigenvalue weighted by atomic mass is 10.2. The highest BCUT2D eigenvalue weighted by Crippen LogP contribution is 2.34. The number of nitrogens with one attached hydrogen (secondary N) is 2. The summed E-state index contributed by atoms with van der Waals surface area (Å²) in [6, 6.07) is 23.1. The maximum atomic E-state index is 12.9. The standard InChI is InChI=1S/C27H23N3O5S/c1-18-11-13-21(14-12-18)28-24(31)16-30-26(33)23(36-27(30)34)15-19-7-5-6-10-22(19)35-17-25(32)29-20-8-3-2-4-9-20/h2-15H,16-17H2,1H3,(H,28,31)(H,29,32)/b23-15+. The van der Waals surface area contributed by atoms with Crippen LogP contribution in [0, 0.1) is 6.92 Å². The summed E-state index contributed by atoms with van der Waals surface area (Å²) in [7, 11) is 0. The van der Waals surface area contributed by atoms with Gasteiger partial charge in [0.15, 0.2) is 6.61 Å². The summed E-state index contributed by atoms with van der Waals surface area (Å²) >= 11 is 0.745. The zero-order valence-corrected chi connectivity index (χ0v) is 20.2. The van der Waals surface area contributed by atoms with Gasteiger partial charge in [0.2, 0.25) is 5.91 Å². The Morgan fingerprint density at radius 3 is 2.25 bits per heavy atom. The number of thioether (sulfide) groups is 1. The summed E-state index contributed by atoms with van der Waals surface area (Å²) in [5.74, 6) is -1.00. The van der Waals surface area contributed by atoms with Gasteiger partial charge in [-0.05, 0) is 55.1 Å². The predicted molar refractivity (Wildman–Crippen MR) is 139 cm³/mol. The number of aryl methyl sites for hydroxylation is 1. The Morgan fingerprint density at radius 2 is 1.50 bits per heavy atom. The normalized spacial score (nSPS) is 14.1. The van der Waals surface area contributed by atoms with Crippen LogP contribution in [0.3, 0.4) is 0 Å². The average molecular weight is 502 g/mol. The third kappa shape index (κ3) is 6.39. The third-order valence-corrected chi connectivity index (χ3v) is 6.04. The molecule has 0 unspecified atom stereocenters. The highest BCUT2D eigenvalue weighted by molar-refractivity contribution is 8.18. The fraction of sp³-hybridized carbons (Fsp3) is 0.111. The smallest absolute Gasteiger partial charge is 0.294 e. The van der Waals surface area contributed by atoms with Crippen LogP contribution < -0.4 is 15.4 Å². The quantitative estimate of drug-likeness (QED) is 0.434. The van der Waals surface area contributed by atoms with Gasteiger partial charge in [0.25, 0.3) is 17.1 Å². The molecule has 182 valence electrons. The molecule has 1 fully saturated rings. The first kappa shape index (κ1) is 24.7. The van der Waals surface area contributed by atoms with Gasteiger partial charge in [-0.1, -0.05) is 54.1 Å². The van der Waals surface area contributed by atoms with Crippen LogP contribution >= 0.6 is 11.8 Å². The number of imide groups is 1. The molecule has 1 aliphatic rings. The van der Waals surface area contributed by atoms with Gasteiger partial charge in [0.1, 0.15) is 12.3 Å². The van der Waals surface area contributed by atoms with Crippen LogP contribution in [0.25, 0.3) is 6.08 Å². The summed E-state index contributed by atoms with van der Waals surface area (Å²) in [5, 5.41) is 4.88. The molecule has 36 heavy (non-hydrogen) atoms. The maximum absolute atomic E-state index is 12.9. The first-order chi connectivity index (χ1) is 17.4. The average Bonchev–Trinajstić information content (AvgIpc) is 3.13. The van der Waals surface area contributed by atoms with Crippen molar-refractivity contribution in [2.45, 2.75) is 6.92 Å². The predicted octanol–water partition coefficient (Wildman–Crippen LogP) is 4.69. The van der Waals surface area contributed by atoms with E-state index < -0.39 is 23.6 Å². The second-order valence-corrected chi connectivity index (χ2v) is 8.92. The molecule has 0 spiro atoms. The van der Waals surface area contributed by atoms with Gasteiger partial charge in [-0.15, -0.1) is 0 Å². The number of nitrogens with zero attached hydrogens (tertiary/aromatic N) is 1. The SMILES string of the molecule is Cc1ccc(NC(=O)CN2C(=O)S/C(=C/c3ccccc3OCC(=O)Nc3ccccc3)C2=O)cc1. The van der Waals surface area contributed by atoms with Gasteiger partial charge in [-0.3, -0.25) is 24.1 Å². The Kier molecular flexibility index (Phi) is 7.82. The van der Waals surface area contributed by atoms with Crippen molar-refractivity contribution < 1.29 is 23.9 Å². The second-order valence-electron chi connectivity index (χ2n) is 7.92. The molecule has 0 aliphatic carbocycles. The van der Waals surface area contributed by atoms with E-state index in [0.29, 0.717) is 22.7 Å². The minimum Gasteiger partial charge on any atom is -0.483 e. The van der Waals surface area contributed by atoms with E-state index in [9.17, 15) is 19.2 Å². The number of carbonyl (C=O) groups is 4. The number of rotatable bonds is 8. The number of anilines is 2. The van der Waals surface area contributed by atoms with Crippen LogP contribution in [0.4, 0.5) is 16.2 Å². The molecule has 0 radical (unpaired) electrons. The number of benzene rings is 3. The molecule has 1 aliphatic heterocycles. The Labute approximate surface area is 212 Å². The number of carbonyl (C=O) groups excluding carboxylic acids is 4. The van der Waals surface area contributed by atoms with Gasteiger partial charge in [-0.25, -0.2) is 0 Å². The van der Waals surface area contributed by atoms with E-state index in [2.05, 4.69) is 10.6 Å². The van der Waals surface area contributed by atoms with Gasteiger partial charge >= 0.3 is 0 Å². The number of hydrogen-bond acceptors (Lipinski definition) is 6. The van der Waals surface area contributed by atoms with Crippen molar-refractivity contribution in [3.63, 3.8) is 0 Å². The fourth-order valence-electron chi connectivity index (χ4n) is 3.35. The number of para-hydroxylation sites is 2. The lowest BCUT2D eigenvalue weighted by Crippen LogP contribution is -2.36. The molecule has 8 nitrogen and oxygen atoms in total. The van der Waals surface area contributed by atoms with Crippen LogP contribution in [0.5, 0.6) is 5.75 Å². The van der Waals surface area contributed by atoms with E-state index in [1.165, 1.54) is 6.08 Å². The van der Waals surface area contributed by atoms with Crippen molar-refractivity contribution in [1.29, 1.82) is 0 Å². The molecule has 1 saturated heterocycles. The van der Waals surface area contributed by atoms with Gasteiger partial charge in [0, 0.05) is 16.9 Å². The lowest BCUT2D eigenvalue weighted by molar-refractivity contribution is -0.127. The van der Waals surface area contributed by atoms with Crippen LogP contribution in [-0.4, -0.2) is 41.0 Å². The molecular weight excluding hydrogens is 478 g/mol. The molecular formula is C27H23N3O5S. The molecule has 0 atom stereocenters. The summed E-state index contributed by atoms with van der Waals surface area (Å²) in [6.45, 7) is 1.30. The topological polar surface area (TPSA) is 105 Å². The van der Waals surface area contributed by atoms with Crippen LogP contribution in [-0.2, 0) is 14.4 Å². The van der Waals surface area contributed by atoms with Crippen LogP contribution in [0.2, 0.25) is 0 Å². The summed E-state index contributed by atoms with van der Waals surface area (Å²) in [6.07, 6.45) is 1.52. The van der Waals surface area contributed by atoms with Crippen molar-refractivity contribution >= 4 is 52.2 Å². The molecule has 1 heterocycles. The Morgan fingerprint density at radius 1 is 0.861 bits per heavy atom. The fourth-order valence-corrected chi connectivity index (χ4v) is 4.18. The summed E-state index contributed by atoms with van der Waals surface area (Å²) in [4.78, 5) is 51.0. The summed E-state index contributed by atoms with van der Waals surface area (Å²) < 4.78 is 5.67. The zero-order valence-electron chi connectivity index (χ0n) is 19.4. The molecule has 2 N–H and O–H groups in total. The van der Waals surface area contributed by atoms with Crippen LogP contribution in [0.1, 0.15) is 11.1 Å². The van der Waals surface area contributed by atoms with Crippen molar-refractivity contribution in [3.8, 4) is 5.75 Å². The van der Waals surface area contributed by atoms with Crippen molar-refractivity contribution in [3.05, 3.63) is 94.9 Å². The Hall–Kier alpha value is -4.37. The molecule has 4 amide bonds. The number of ether oxygens (including phenoxy) is 1. The van der Waals surface area contributed by atoms with Gasteiger partial charge in [-0.2, -0.15) is 0 Å². The van der Waals surface area contributed by atoms with Gasteiger partial charge in [0.05, 0.1) is 4.91 Å². The Balaban J connectivity index is 1.39. The highest BCUT2D eigenvalue weighted by Gasteiger charge is 2.36. The molecule has 0 bridgehead atoms. The molecule has 3 aromatic carbocycles. The van der Waals surface area contributed by atoms with Crippen molar-refractivity contribution in [2.75, 3.05) is 23.8 Å². The molecule has 0 aromatic heterocycles.